The first kappa shape index (κ1) is 14.1. The van der Waals surface area contributed by atoms with Crippen LogP contribution in [0, 0.1) is 0 Å². The number of aryl methyl sites for hydroxylation is 1. The Bertz CT molecular complexity index is 764. The largest absolute Gasteiger partial charge is 0.331 e. The van der Waals surface area contributed by atoms with E-state index in [2.05, 4.69) is 29.1 Å². The second kappa shape index (κ2) is 5.88. The molecule has 2 aromatic carbocycles. The Hall–Kier alpha value is -1.84. The second-order valence-electron chi connectivity index (χ2n) is 5.18. The smallest absolute Gasteiger partial charge is 0.111 e. The summed E-state index contributed by atoms with van der Waals surface area (Å²) in [6.07, 6.45) is 0.821. The molecule has 1 unspecified atom stereocenters. The molecule has 0 spiro atoms. The van der Waals surface area contributed by atoms with E-state index in [9.17, 15) is 0 Å². The maximum absolute atomic E-state index is 6.10. The third-order valence-corrected chi connectivity index (χ3v) is 4.10. The molecule has 1 heterocycles. The molecule has 0 aliphatic heterocycles. The van der Waals surface area contributed by atoms with E-state index in [1.165, 1.54) is 5.56 Å². The topological polar surface area (TPSA) is 29.9 Å². The van der Waals surface area contributed by atoms with E-state index in [0.717, 1.165) is 28.3 Å². The minimum Gasteiger partial charge on any atom is -0.331 e. The van der Waals surface area contributed by atoms with E-state index in [1.54, 1.807) is 0 Å². The number of hydrogen-bond acceptors (Lipinski definition) is 2. The van der Waals surface area contributed by atoms with Gasteiger partial charge in [-0.1, -0.05) is 35.9 Å². The van der Waals surface area contributed by atoms with Crippen LogP contribution in [0.2, 0.25) is 5.02 Å². The first-order chi connectivity index (χ1) is 10.2. The van der Waals surface area contributed by atoms with Crippen LogP contribution in [-0.2, 0) is 13.5 Å². The van der Waals surface area contributed by atoms with Crippen molar-refractivity contribution in [3.05, 3.63) is 64.9 Å². The number of nitrogens with zero attached hydrogens (tertiary/aromatic N) is 2. The van der Waals surface area contributed by atoms with Crippen molar-refractivity contribution in [1.29, 1.82) is 0 Å². The summed E-state index contributed by atoms with van der Waals surface area (Å²) in [4.78, 5) is 4.74. The molecular formula is C17H18ClN3. The highest BCUT2D eigenvalue weighted by Crippen LogP contribution is 2.23. The highest BCUT2D eigenvalue weighted by atomic mass is 35.5. The Morgan fingerprint density at radius 1 is 1.19 bits per heavy atom. The number of rotatable bonds is 4. The van der Waals surface area contributed by atoms with Gasteiger partial charge in [0, 0.05) is 24.5 Å². The summed E-state index contributed by atoms with van der Waals surface area (Å²) in [6.45, 7) is 0. The van der Waals surface area contributed by atoms with Gasteiger partial charge in [-0.25, -0.2) is 4.98 Å². The molecular weight excluding hydrogens is 282 g/mol. The molecule has 0 bridgehead atoms. The lowest BCUT2D eigenvalue weighted by atomic mass is 10.0. The zero-order chi connectivity index (χ0) is 14.8. The molecule has 0 saturated carbocycles. The Balaban J connectivity index is 1.94. The van der Waals surface area contributed by atoms with E-state index in [4.69, 9.17) is 16.6 Å². The molecule has 21 heavy (non-hydrogen) atoms. The molecule has 1 N–H and O–H groups in total. The zero-order valence-corrected chi connectivity index (χ0v) is 12.9. The molecule has 3 nitrogen and oxygen atoms in total. The predicted molar refractivity (Wildman–Crippen MR) is 87.7 cm³/mol. The summed E-state index contributed by atoms with van der Waals surface area (Å²) in [7, 11) is 4.03. The molecule has 0 saturated heterocycles. The number of aromatic nitrogens is 2. The van der Waals surface area contributed by atoms with Crippen molar-refractivity contribution in [3.63, 3.8) is 0 Å². The number of para-hydroxylation sites is 2. The monoisotopic (exact) mass is 299 g/mol. The highest BCUT2D eigenvalue weighted by molar-refractivity contribution is 6.30. The summed E-state index contributed by atoms with van der Waals surface area (Å²) in [5.41, 5.74) is 3.38. The third-order valence-electron chi connectivity index (χ3n) is 3.87. The molecule has 3 rings (SSSR count). The van der Waals surface area contributed by atoms with Gasteiger partial charge >= 0.3 is 0 Å². The van der Waals surface area contributed by atoms with E-state index >= 15 is 0 Å². The molecule has 0 aliphatic rings. The molecule has 0 fully saturated rings. The normalized spacial score (nSPS) is 12.7. The van der Waals surface area contributed by atoms with Gasteiger partial charge in [0.15, 0.2) is 0 Å². The first-order valence-corrected chi connectivity index (χ1v) is 7.40. The number of hydrogen-bond donors (Lipinski definition) is 1. The van der Waals surface area contributed by atoms with Crippen molar-refractivity contribution >= 4 is 22.6 Å². The minimum atomic E-state index is 0.194. The fraction of sp³-hybridized carbons (Fsp3) is 0.235. The van der Waals surface area contributed by atoms with Gasteiger partial charge in [-0.3, -0.25) is 0 Å². The minimum absolute atomic E-state index is 0.194. The number of nitrogens with one attached hydrogen (secondary N) is 1. The zero-order valence-electron chi connectivity index (χ0n) is 12.2. The lowest BCUT2D eigenvalue weighted by molar-refractivity contribution is 0.566. The molecule has 1 atom stereocenters. The van der Waals surface area contributed by atoms with Crippen molar-refractivity contribution in [2.45, 2.75) is 12.5 Å². The van der Waals surface area contributed by atoms with Crippen molar-refractivity contribution in [2.75, 3.05) is 7.05 Å². The summed E-state index contributed by atoms with van der Waals surface area (Å²) < 4.78 is 2.16. The Morgan fingerprint density at radius 3 is 2.71 bits per heavy atom. The third kappa shape index (κ3) is 2.80. The van der Waals surface area contributed by atoms with Gasteiger partial charge < -0.3 is 9.88 Å². The van der Waals surface area contributed by atoms with Gasteiger partial charge in [0.25, 0.3) is 0 Å². The molecule has 4 heteroatoms. The van der Waals surface area contributed by atoms with Gasteiger partial charge in [0.2, 0.25) is 0 Å². The average molecular weight is 300 g/mol. The van der Waals surface area contributed by atoms with Crippen LogP contribution in [0.15, 0.2) is 48.5 Å². The van der Waals surface area contributed by atoms with Gasteiger partial charge in [0.1, 0.15) is 5.82 Å². The fourth-order valence-corrected chi connectivity index (χ4v) is 2.87. The standard InChI is InChI=1S/C17H18ClN3/c1-19-15(12-6-5-7-13(18)10-12)11-17-20-14-8-3-4-9-16(14)21(17)2/h3-10,15,19H,11H2,1-2H3. The Kier molecular flexibility index (Phi) is 3.95. The molecule has 108 valence electrons. The van der Waals surface area contributed by atoms with Gasteiger partial charge in [-0.2, -0.15) is 0 Å². The van der Waals surface area contributed by atoms with Gasteiger partial charge in [0.05, 0.1) is 11.0 Å². The average Bonchev–Trinajstić information content (AvgIpc) is 2.81. The van der Waals surface area contributed by atoms with Gasteiger partial charge in [-0.05, 0) is 36.9 Å². The van der Waals surface area contributed by atoms with E-state index in [1.807, 2.05) is 43.4 Å². The maximum Gasteiger partial charge on any atom is 0.111 e. The lowest BCUT2D eigenvalue weighted by Crippen LogP contribution is -2.20. The van der Waals surface area contributed by atoms with E-state index in [0.29, 0.717) is 0 Å². The summed E-state index contributed by atoms with van der Waals surface area (Å²) in [5, 5.41) is 4.12. The number of likely N-dealkylation sites (N-methyl/N-ethyl adjacent to an activating group) is 1. The molecule has 1 aromatic heterocycles. The van der Waals surface area contributed by atoms with Crippen LogP contribution >= 0.6 is 11.6 Å². The number of imidazole rings is 1. The summed E-state index contributed by atoms with van der Waals surface area (Å²) >= 11 is 6.10. The number of halogens is 1. The van der Waals surface area contributed by atoms with Crippen molar-refractivity contribution in [1.82, 2.24) is 14.9 Å². The van der Waals surface area contributed by atoms with Crippen LogP contribution in [0.5, 0.6) is 0 Å². The SMILES string of the molecule is CNC(Cc1nc2ccccc2n1C)c1cccc(Cl)c1. The molecule has 0 aliphatic carbocycles. The fourth-order valence-electron chi connectivity index (χ4n) is 2.67. The highest BCUT2D eigenvalue weighted by Gasteiger charge is 2.15. The van der Waals surface area contributed by atoms with Crippen molar-refractivity contribution in [3.8, 4) is 0 Å². The predicted octanol–water partition coefficient (Wildman–Crippen LogP) is 3.73. The molecule has 3 aromatic rings. The van der Waals surface area contributed by atoms with Crippen LogP contribution in [0.1, 0.15) is 17.4 Å². The summed E-state index contributed by atoms with van der Waals surface area (Å²) in [6, 6.07) is 16.4. The van der Waals surface area contributed by atoms with Gasteiger partial charge in [-0.15, -0.1) is 0 Å². The number of fused-ring (bicyclic) bond motifs is 1. The van der Waals surface area contributed by atoms with Crippen LogP contribution in [0.25, 0.3) is 11.0 Å². The first-order valence-electron chi connectivity index (χ1n) is 7.02. The maximum atomic E-state index is 6.10. The van der Waals surface area contributed by atoms with Crippen molar-refractivity contribution in [2.24, 2.45) is 7.05 Å². The Morgan fingerprint density at radius 2 is 2.00 bits per heavy atom. The summed E-state index contributed by atoms with van der Waals surface area (Å²) in [5.74, 6) is 1.07. The van der Waals surface area contributed by atoms with E-state index < -0.39 is 0 Å². The van der Waals surface area contributed by atoms with Crippen LogP contribution in [0.4, 0.5) is 0 Å². The van der Waals surface area contributed by atoms with Crippen LogP contribution in [-0.4, -0.2) is 16.6 Å². The quantitative estimate of drug-likeness (QED) is 0.795. The molecule has 0 radical (unpaired) electrons. The number of benzene rings is 2. The van der Waals surface area contributed by atoms with Crippen LogP contribution in [0.3, 0.4) is 0 Å². The molecule has 0 amide bonds. The van der Waals surface area contributed by atoms with Crippen molar-refractivity contribution < 1.29 is 0 Å². The lowest BCUT2D eigenvalue weighted by Gasteiger charge is -2.16. The van der Waals surface area contributed by atoms with Crippen LogP contribution < -0.4 is 5.32 Å². The van der Waals surface area contributed by atoms with E-state index in [-0.39, 0.29) is 6.04 Å². The Labute approximate surface area is 129 Å². The second-order valence-corrected chi connectivity index (χ2v) is 5.61.